The second-order valence-corrected chi connectivity index (χ2v) is 5.75. The van der Waals surface area contributed by atoms with E-state index in [1.54, 1.807) is 26.1 Å². The molecule has 0 spiro atoms. The van der Waals surface area contributed by atoms with Crippen LogP contribution in [0.25, 0.3) is 0 Å². The molecule has 1 aliphatic rings. The van der Waals surface area contributed by atoms with E-state index >= 15 is 0 Å². The number of ether oxygens (including phenoxy) is 1. The summed E-state index contributed by atoms with van der Waals surface area (Å²) in [6, 6.07) is 0. The molecule has 0 amide bonds. The van der Waals surface area contributed by atoms with Crippen molar-refractivity contribution in [3.05, 3.63) is 12.0 Å². The Labute approximate surface area is 119 Å². The predicted octanol–water partition coefficient (Wildman–Crippen LogP) is 2.30. The molecular weight excluding hydrogens is 259 g/mol. The lowest BCUT2D eigenvalue weighted by Gasteiger charge is -2.28. The van der Waals surface area contributed by atoms with Gasteiger partial charge in [0.15, 0.2) is 11.6 Å². The third kappa shape index (κ3) is 3.36. The van der Waals surface area contributed by atoms with Crippen LogP contribution in [-0.2, 0) is 4.74 Å². The maximum Gasteiger partial charge on any atom is 0.224 e. The van der Waals surface area contributed by atoms with Gasteiger partial charge in [0, 0.05) is 33.2 Å². The molecule has 2 rings (SSSR count). The Bertz CT molecular complexity index is 447. The Kier molecular flexibility index (Phi) is 4.75. The van der Waals surface area contributed by atoms with Gasteiger partial charge < -0.3 is 15.0 Å². The summed E-state index contributed by atoms with van der Waals surface area (Å²) >= 11 is 0. The summed E-state index contributed by atoms with van der Waals surface area (Å²) in [5.41, 5.74) is 0.158. The highest BCUT2D eigenvalue weighted by molar-refractivity contribution is 5.42. The number of nitrogens with one attached hydrogen (secondary N) is 1. The van der Waals surface area contributed by atoms with Gasteiger partial charge in [-0.2, -0.15) is 4.98 Å². The topological polar surface area (TPSA) is 50.3 Å². The summed E-state index contributed by atoms with van der Waals surface area (Å²) in [5, 5.41) is 3.24. The molecular formula is C14H23FN4O. The van der Waals surface area contributed by atoms with Crippen LogP contribution < -0.4 is 10.2 Å². The zero-order chi connectivity index (χ0) is 14.6. The number of methoxy groups -OCH3 is 1. The Balaban J connectivity index is 2.04. The highest BCUT2D eigenvalue weighted by atomic mass is 19.1. The summed E-state index contributed by atoms with van der Waals surface area (Å²) in [5.74, 6) is 0.361. The number of hydrogen-bond acceptors (Lipinski definition) is 5. The van der Waals surface area contributed by atoms with E-state index in [1.807, 2.05) is 0 Å². The molecule has 0 aliphatic heterocycles. The zero-order valence-corrected chi connectivity index (χ0v) is 12.4. The molecule has 0 atom stereocenters. The molecule has 0 radical (unpaired) electrons. The lowest BCUT2D eigenvalue weighted by atomic mass is 9.87. The van der Waals surface area contributed by atoms with Crippen LogP contribution >= 0.6 is 0 Å². The molecule has 0 saturated heterocycles. The van der Waals surface area contributed by atoms with Crippen molar-refractivity contribution in [1.82, 2.24) is 9.97 Å². The third-order valence-electron chi connectivity index (χ3n) is 3.89. The van der Waals surface area contributed by atoms with Crippen molar-refractivity contribution in [3.63, 3.8) is 0 Å². The second-order valence-electron chi connectivity index (χ2n) is 5.75. The van der Waals surface area contributed by atoms with Gasteiger partial charge in [0.25, 0.3) is 0 Å². The maximum absolute atomic E-state index is 13.5. The second kappa shape index (κ2) is 6.35. The van der Waals surface area contributed by atoms with Crippen molar-refractivity contribution in [3.8, 4) is 0 Å². The Morgan fingerprint density at radius 2 is 2.10 bits per heavy atom. The first-order chi connectivity index (χ1) is 9.56. The largest absolute Gasteiger partial charge is 0.384 e. The fraction of sp³-hybridized carbons (Fsp3) is 0.714. The Hall–Kier alpha value is -1.43. The van der Waals surface area contributed by atoms with Crippen LogP contribution in [0.4, 0.5) is 16.2 Å². The summed E-state index contributed by atoms with van der Waals surface area (Å²) in [7, 11) is 5.26. The molecule has 112 valence electrons. The first-order valence-corrected chi connectivity index (χ1v) is 6.99. The van der Waals surface area contributed by atoms with E-state index in [9.17, 15) is 4.39 Å². The average molecular weight is 282 g/mol. The van der Waals surface area contributed by atoms with Crippen LogP contribution in [0.2, 0.25) is 0 Å². The molecule has 20 heavy (non-hydrogen) atoms. The fourth-order valence-electron chi connectivity index (χ4n) is 2.83. The molecule has 5 nitrogen and oxygen atoms in total. The molecule has 1 aromatic rings. The summed E-state index contributed by atoms with van der Waals surface area (Å²) in [6.07, 6.45) is 5.98. The summed E-state index contributed by atoms with van der Waals surface area (Å²) < 4.78 is 18.9. The van der Waals surface area contributed by atoms with Crippen LogP contribution in [-0.4, -0.2) is 44.3 Å². The number of hydrogen-bond donors (Lipinski definition) is 1. The van der Waals surface area contributed by atoms with Crippen molar-refractivity contribution >= 4 is 11.8 Å². The van der Waals surface area contributed by atoms with Crippen LogP contribution in [0.15, 0.2) is 6.20 Å². The Morgan fingerprint density at radius 1 is 1.40 bits per heavy atom. The predicted molar refractivity (Wildman–Crippen MR) is 77.6 cm³/mol. The average Bonchev–Trinajstić information content (AvgIpc) is 2.87. The molecule has 1 saturated carbocycles. The smallest absolute Gasteiger partial charge is 0.224 e. The zero-order valence-electron chi connectivity index (χ0n) is 12.4. The molecule has 1 aromatic heterocycles. The van der Waals surface area contributed by atoms with Crippen molar-refractivity contribution in [2.75, 3.05) is 44.6 Å². The molecule has 1 aliphatic carbocycles. The van der Waals surface area contributed by atoms with E-state index in [0.717, 1.165) is 26.0 Å². The van der Waals surface area contributed by atoms with Crippen LogP contribution in [0.5, 0.6) is 0 Å². The van der Waals surface area contributed by atoms with Gasteiger partial charge in [-0.1, -0.05) is 12.8 Å². The monoisotopic (exact) mass is 282 g/mol. The minimum atomic E-state index is -0.409. The highest BCUT2D eigenvalue weighted by Gasteiger charge is 2.33. The minimum absolute atomic E-state index is 0.158. The highest BCUT2D eigenvalue weighted by Crippen LogP contribution is 2.38. The SMILES string of the molecule is COCC1(CNc2ncc(F)c(N(C)C)n2)CCCC1. The lowest BCUT2D eigenvalue weighted by molar-refractivity contribution is 0.0922. The van der Waals surface area contributed by atoms with Crippen molar-refractivity contribution in [1.29, 1.82) is 0 Å². The van der Waals surface area contributed by atoms with Gasteiger partial charge >= 0.3 is 0 Å². The van der Waals surface area contributed by atoms with Gasteiger partial charge in [-0.25, -0.2) is 9.37 Å². The van der Waals surface area contributed by atoms with Crippen molar-refractivity contribution in [2.24, 2.45) is 5.41 Å². The maximum atomic E-state index is 13.5. The normalized spacial score (nSPS) is 17.2. The third-order valence-corrected chi connectivity index (χ3v) is 3.89. The van der Waals surface area contributed by atoms with Crippen molar-refractivity contribution < 1.29 is 9.13 Å². The summed E-state index contributed by atoms with van der Waals surface area (Å²) in [6.45, 7) is 1.50. The first-order valence-electron chi connectivity index (χ1n) is 6.99. The van der Waals surface area contributed by atoms with Crippen LogP contribution in [0, 0.1) is 11.2 Å². The number of anilines is 2. The molecule has 1 fully saturated rings. The van der Waals surface area contributed by atoms with E-state index in [1.165, 1.54) is 19.0 Å². The van der Waals surface area contributed by atoms with Gasteiger partial charge in [0.1, 0.15) is 0 Å². The molecule has 0 unspecified atom stereocenters. The van der Waals surface area contributed by atoms with Gasteiger partial charge in [0.2, 0.25) is 5.95 Å². The molecule has 0 bridgehead atoms. The van der Waals surface area contributed by atoms with E-state index in [4.69, 9.17) is 4.74 Å². The van der Waals surface area contributed by atoms with E-state index in [0.29, 0.717) is 11.8 Å². The number of nitrogens with zero attached hydrogens (tertiary/aromatic N) is 3. The van der Waals surface area contributed by atoms with Gasteiger partial charge in [0.05, 0.1) is 12.8 Å². The standard InChI is InChI=1S/C14H23FN4O/c1-19(2)12-11(15)8-16-13(18-12)17-9-14(10-20-3)6-4-5-7-14/h8H,4-7,9-10H2,1-3H3,(H,16,17,18). The first kappa shape index (κ1) is 15.0. The number of halogens is 1. The van der Waals surface area contributed by atoms with E-state index in [-0.39, 0.29) is 5.41 Å². The molecule has 6 heteroatoms. The van der Waals surface area contributed by atoms with Gasteiger partial charge in [-0.15, -0.1) is 0 Å². The van der Waals surface area contributed by atoms with E-state index < -0.39 is 5.82 Å². The number of aromatic nitrogens is 2. The number of rotatable bonds is 6. The quantitative estimate of drug-likeness (QED) is 0.867. The Morgan fingerprint density at radius 3 is 2.70 bits per heavy atom. The minimum Gasteiger partial charge on any atom is -0.384 e. The lowest BCUT2D eigenvalue weighted by Crippen LogP contribution is -2.32. The van der Waals surface area contributed by atoms with Gasteiger partial charge in [-0.05, 0) is 12.8 Å². The molecule has 0 aromatic carbocycles. The van der Waals surface area contributed by atoms with Gasteiger partial charge in [-0.3, -0.25) is 0 Å². The molecule has 1 heterocycles. The van der Waals surface area contributed by atoms with Crippen molar-refractivity contribution in [2.45, 2.75) is 25.7 Å². The summed E-state index contributed by atoms with van der Waals surface area (Å²) in [4.78, 5) is 9.86. The van der Waals surface area contributed by atoms with Crippen LogP contribution in [0.3, 0.4) is 0 Å². The molecule has 1 N–H and O–H groups in total. The van der Waals surface area contributed by atoms with Crippen LogP contribution in [0.1, 0.15) is 25.7 Å². The van der Waals surface area contributed by atoms with E-state index in [2.05, 4.69) is 15.3 Å². The fourth-order valence-corrected chi connectivity index (χ4v) is 2.83.